The van der Waals surface area contributed by atoms with Gasteiger partial charge in [-0.3, -0.25) is 4.79 Å². The van der Waals surface area contributed by atoms with Crippen molar-refractivity contribution in [3.05, 3.63) is 53.8 Å². The van der Waals surface area contributed by atoms with Gasteiger partial charge < -0.3 is 19.7 Å². The number of benzene rings is 2. The number of para-hydroxylation sites is 2. The summed E-state index contributed by atoms with van der Waals surface area (Å²) >= 11 is 0. The van der Waals surface area contributed by atoms with Gasteiger partial charge in [0.2, 0.25) is 5.91 Å². The first kappa shape index (κ1) is 17.2. The maximum absolute atomic E-state index is 13.8. The predicted octanol–water partition coefficient (Wildman–Crippen LogP) is 2.85. The third-order valence-corrected chi connectivity index (χ3v) is 4.11. The molecule has 1 aliphatic rings. The van der Waals surface area contributed by atoms with Crippen LogP contribution in [0.25, 0.3) is 0 Å². The van der Waals surface area contributed by atoms with Gasteiger partial charge in [0.05, 0.1) is 38.1 Å². The van der Waals surface area contributed by atoms with Crippen LogP contribution in [0.15, 0.2) is 42.5 Å². The van der Waals surface area contributed by atoms with Crippen molar-refractivity contribution in [2.24, 2.45) is 0 Å². The highest BCUT2D eigenvalue weighted by Gasteiger charge is 2.16. The Balaban J connectivity index is 1.70. The molecule has 0 spiro atoms. The first-order valence-corrected chi connectivity index (χ1v) is 8.21. The monoisotopic (exact) mass is 344 g/mol. The molecule has 2 aromatic rings. The van der Waals surface area contributed by atoms with E-state index in [-0.39, 0.29) is 18.1 Å². The third kappa shape index (κ3) is 4.28. The quantitative estimate of drug-likeness (QED) is 0.906. The summed E-state index contributed by atoms with van der Waals surface area (Å²) in [5.41, 5.74) is 2.32. The van der Waals surface area contributed by atoms with Gasteiger partial charge in [0.25, 0.3) is 0 Å². The van der Waals surface area contributed by atoms with E-state index >= 15 is 0 Å². The molecule has 1 heterocycles. The van der Waals surface area contributed by atoms with Gasteiger partial charge in [-0.1, -0.05) is 18.2 Å². The van der Waals surface area contributed by atoms with Crippen LogP contribution in [0.5, 0.6) is 5.75 Å². The lowest BCUT2D eigenvalue weighted by Crippen LogP contribution is -2.36. The molecule has 0 atom stereocenters. The van der Waals surface area contributed by atoms with Crippen LogP contribution >= 0.6 is 0 Å². The second-order valence-corrected chi connectivity index (χ2v) is 5.81. The molecule has 1 aliphatic heterocycles. The van der Waals surface area contributed by atoms with E-state index in [1.54, 1.807) is 6.07 Å². The summed E-state index contributed by atoms with van der Waals surface area (Å²) in [7, 11) is 1.41. The maximum Gasteiger partial charge on any atom is 0.228 e. The Labute approximate surface area is 146 Å². The average Bonchev–Trinajstić information content (AvgIpc) is 2.63. The fourth-order valence-corrected chi connectivity index (χ4v) is 2.86. The molecule has 3 rings (SSSR count). The standard InChI is InChI=1S/C19H21FN2O3/c1-24-18-7-6-14(12-15(18)20)13-19(23)21-16-4-2-3-5-17(16)22-8-10-25-11-9-22/h2-7,12H,8-11,13H2,1H3,(H,21,23). The average molecular weight is 344 g/mol. The molecule has 132 valence electrons. The molecule has 2 aromatic carbocycles. The van der Waals surface area contributed by atoms with Crippen molar-refractivity contribution < 1.29 is 18.7 Å². The van der Waals surface area contributed by atoms with Crippen molar-refractivity contribution in [1.29, 1.82) is 0 Å². The zero-order valence-electron chi connectivity index (χ0n) is 14.1. The zero-order chi connectivity index (χ0) is 17.6. The van der Waals surface area contributed by atoms with E-state index in [1.807, 2.05) is 24.3 Å². The number of ether oxygens (including phenoxy) is 2. The van der Waals surface area contributed by atoms with Crippen molar-refractivity contribution in [1.82, 2.24) is 0 Å². The molecule has 0 saturated carbocycles. The number of hydrogen-bond donors (Lipinski definition) is 1. The number of nitrogens with one attached hydrogen (secondary N) is 1. The van der Waals surface area contributed by atoms with Crippen LogP contribution in [0.3, 0.4) is 0 Å². The molecule has 5 nitrogen and oxygen atoms in total. The molecule has 0 aromatic heterocycles. The molecule has 0 unspecified atom stereocenters. The van der Waals surface area contributed by atoms with Gasteiger partial charge >= 0.3 is 0 Å². The molecule has 1 amide bonds. The van der Waals surface area contributed by atoms with Crippen LogP contribution in [-0.2, 0) is 16.0 Å². The molecule has 1 N–H and O–H groups in total. The highest BCUT2D eigenvalue weighted by atomic mass is 19.1. The summed E-state index contributed by atoms with van der Waals surface area (Å²) in [5.74, 6) is -0.492. The summed E-state index contributed by atoms with van der Waals surface area (Å²) in [6, 6.07) is 12.2. The van der Waals surface area contributed by atoms with Gasteiger partial charge in [-0.2, -0.15) is 0 Å². The predicted molar refractivity (Wildman–Crippen MR) is 94.8 cm³/mol. The van der Waals surface area contributed by atoms with Gasteiger partial charge in [0.15, 0.2) is 11.6 Å². The number of anilines is 2. The number of carbonyl (C=O) groups is 1. The SMILES string of the molecule is COc1ccc(CC(=O)Nc2ccccc2N2CCOCC2)cc1F. The summed E-state index contributed by atoms with van der Waals surface area (Å²) in [6.07, 6.45) is 0.0956. The minimum absolute atomic E-state index is 0.0956. The summed E-state index contributed by atoms with van der Waals surface area (Å²) in [5, 5.41) is 2.93. The van der Waals surface area contributed by atoms with Gasteiger partial charge in [0.1, 0.15) is 0 Å². The van der Waals surface area contributed by atoms with Crippen molar-refractivity contribution in [3.63, 3.8) is 0 Å². The fourth-order valence-electron chi connectivity index (χ4n) is 2.86. The van der Waals surface area contributed by atoms with Crippen LogP contribution in [0.1, 0.15) is 5.56 Å². The number of morpholine rings is 1. The Kier molecular flexibility index (Phi) is 5.50. The van der Waals surface area contributed by atoms with E-state index in [9.17, 15) is 9.18 Å². The van der Waals surface area contributed by atoms with Gasteiger partial charge in [-0.05, 0) is 29.8 Å². The summed E-state index contributed by atoms with van der Waals surface area (Å²) in [6.45, 7) is 2.92. The van der Waals surface area contributed by atoms with E-state index in [4.69, 9.17) is 9.47 Å². The lowest BCUT2D eigenvalue weighted by Gasteiger charge is -2.30. The smallest absolute Gasteiger partial charge is 0.228 e. The number of methoxy groups -OCH3 is 1. The topological polar surface area (TPSA) is 50.8 Å². The number of nitrogens with zero attached hydrogens (tertiary/aromatic N) is 1. The molecule has 1 saturated heterocycles. The maximum atomic E-state index is 13.8. The van der Waals surface area contributed by atoms with E-state index in [0.717, 1.165) is 24.5 Å². The Morgan fingerprint density at radius 1 is 1.24 bits per heavy atom. The lowest BCUT2D eigenvalue weighted by atomic mass is 10.1. The van der Waals surface area contributed by atoms with E-state index in [1.165, 1.54) is 19.2 Å². The van der Waals surface area contributed by atoms with Crippen molar-refractivity contribution in [2.75, 3.05) is 43.6 Å². The molecule has 1 fully saturated rings. The fraction of sp³-hybridized carbons (Fsp3) is 0.316. The second kappa shape index (κ2) is 7.98. The minimum atomic E-state index is -0.471. The van der Waals surface area contributed by atoms with Crippen LogP contribution in [-0.4, -0.2) is 39.3 Å². The molecule has 0 aliphatic carbocycles. The number of carbonyl (C=O) groups excluding carboxylic acids is 1. The van der Waals surface area contributed by atoms with Gasteiger partial charge in [-0.25, -0.2) is 4.39 Å². The number of rotatable bonds is 5. The zero-order valence-corrected chi connectivity index (χ0v) is 14.1. The van der Waals surface area contributed by atoms with Crippen LogP contribution < -0.4 is 15.0 Å². The molecule has 6 heteroatoms. The normalized spacial score (nSPS) is 14.2. The van der Waals surface area contributed by atoms with E-state index < -0.39 is 5.82 Å². The summed E-state index contributed by atoms with van der Waals surface area (Å²) in [4.78, 5) is 14.6. The number of amides is 1. The number of hydrogen-bond acceptors (Lipinski definition) is 4. The van der Waals surface area contributed by atoms with Crippen molar-refractivity contribution in [3.8, 4) is 5.75 Å². The van der Waals surface area contributed by atoms with E-state index in [2.05, 4.69) is 10.2 Å². The third-order valence-electron chi connectivity index (χ3n) is 4.11. The minimum Gasteiger partial charge on any atom is -0.494 e. The Morgan fingerprint density at radius 3 is 2.72 bits per heavy atom. The van der Waals surface area contributed by atoms with Crippen molar-refractivity contribution in [2.45, 2.75) is 6.42 Å². The summed E-state index contributed by atoms with van der Waals surface area (Å²) < 4.78 is 24.0. The van der Waals surface area contributed by atoms with Crippen LogP contribution in [0, 0.1) is 5.82 Å². The van der Waals surface area contributed by atoms with Gasteiger partial charge in [0, 0.05) is 13.1 Å². The molecular formula is C19H21FN2O3. The Morgan fingerprint density at radius 2 is 2.00 bits per heavy atom. The van der Waals surface area contributed by atoms with Crippen LogP contribution in [0.4, 0.5) is 15.8 Å². The molecule has 0 bridgehead atoms. The molecule has 25 heavy (non-hydrogen) atoms. The first-order valence-electron chi connectivity index (χ1n) is 8.21. The van der Waals surface area contributed by atoms with Crippen LogP contribution in [0.2, 0.25) is 0 Å². The lowest BCUT2D eigenvalue weighted by molar-refractivity contribution is -0.115. The molecule has 0 radical (unpaired) electrons. The highest BCUT2D eigenvalue weighted by molar-refractivity contribution is 5.95. The van der Waals surface area contributed by atoms with Gasteiger partial charge in [-0.15, -0.1) is 0 Å². The Hall–Kier alpha value is -2.60. The highest BCUT2D eigenvalue weighted by Crippen LogP contribution is 2.26. The van der Waals surface area contributed by atoms with Crippen molar-refractivity contribution >= 4 is 17.3 Å². The Bertz CT molecular complexity index is 745. The number of halogens is 1. The largest absolute Gasteiger partial charge is 0.494 e. The first-order chi connectivity index (χ1) is 12.2. The molecular weight excluding hydrogens is 323 g/mol. The second-order valence-electron chi connectivity index (χ2n) is 5.81. The van der Waals surface area contributed by atoms with E-state index in [0.29, 0.717) is 18.8 Å².